The summed E-state index contributed by atoms with van der Waals surface area (Å²) in [7, 11) is 0. The van der Waals surface area contributed by atoms with Crippen molar-refractivity contribution >= 4 is 27.5 Å². The molecule has 0 saturated carbocycles. The van der Waals surface area contributed by atoms with E-state index in [0.717, 1.165) is 6.07 Å². The van der Waals surface area contributed by atoms with Crippen LogP contribution in [0.15, 0.2) is 24.3 Å². The third kappa shape index (κ3) is 2.69. The molecule has 0 N–H and O–H groups in total. The Labute approximate surface area is 97.6 Å². The second kappa shape index (κ2) is 4.78. The van der Waals surface area contributed by atoms with Gasteiger partial charge in [0.15, 0.2) is 5.78 Å². The molecule has 0 aliphatic carbocycles. The summed E-state index contributed by atoms with van der Waals surface area (Å²) in [6, 6.07) is 4.88. The quantitative estimate of drug-likeness (QED) is 0.634. The van der Waals surface area contributed by atoms with Crippen LogP contribution < -0.4 is 0 Å². The van der Waals surface area contributed by atoms with Crippen LogP contribution in [-0.2, 0) is 0 Å². The molecule has 2 nitrogen and oxygen atoms in total. The number of carbonyl (C=O) groups is 2. The summed E-state index contributed by atoms with van der Waals surface area (Å²) in [5, 5.41) is -0.130. The number of rotatable bonds is 3. The van der Waals surface area contributed by atoms with Gasteiger partial charge in [0.2, 0.25) is 0 Å². The van der Waals surface area contributed by atoms with Crippen LogP contribution in [0.1, 0.15) is 20.7 Å². The van der Waals surface area contributed by atoms with Crippen molar-refractivity contribution in [2.45, 2.75) is 6.18 Å². The van der Waals surface area contributed by atoms with E-state index < -0.39 is 23.3 Å². The third-order valence-corrected chi connectivity index (χ3v) is 2.36. The maximum Gasteiger partial charge on any atom is 0.454 e. The van der Waals surface area contributed by atoms with E-state index in [1.807, 2.05) is 0 Å². The Hall–Kier alpha value is -1.17. The highest BCUT2D eigenvalue weighted by Gasteiger charge is 2.40. The van der Waals surface area contributed by atoms with Crippen molar-refractivity contribution in [2.75, 3.05) is 5.33 Å². The fourth-order valence-corrected chi connectivity index (χ4v) is 1.45. The molecule has 0 aliphatic rings. The van der Waals surface area contributed by atoms with E-state index in [1.165, 1.54) is 18.2 Å². The zero-order chi connectivity index (χ0) is 12.3. The van der Waals surface area contributed by atoms with E-state index in [-0.39, 0.29) is 10.9 Å². The van der Waals surface area contributed by atoms with Gasteiger partial charge in [0.1, 0.15) is 0 Å². The number of hydrogen-bond donors (Lipinski definition) is 0. The van der Waals surface area contributed by atoms with Crippen LogP contribution in [0.5, 0.6) is 0 Å². The first kappa shape index (κ1) is 12.9. The summed E-state index contributed by atoms with van der Waals surface area (Å²) in [5.74, 6) is -2.56. The minimum atomic E-state index is -4.97. The van der Waals surface area contributed by atoms with E-state index >= 15 is 0 Å². The molecule has 0 spiro atoms. The smallest absolute Gasteiger partial charge is 0.293 e. The number of hydrogen-bond acceptors (Lipinski definition) is 2. The van der Waals surface area contributed by atoms with Crippen LogP contribution >= 0.6 is 15.9 Å². The SMILES string of the molecule is O=C(CBr)c1ccccc1C(=O)C(F)(F)F. The van der Waals surface area contributed by atoms with E-state index in [9.17, 15) is 22.8 Å². The first-order valence-electron chi connectivity index (χ1n) is 4.17. The molecule has 16 heavy (non-hydrogen) atoms. The van der Waals surface area contributed by atoms with Crippen molar-refractivity contribution in [3.63, 3.8) is 0 Å². The van der Waals surface area contributed by atoms with E-state index in [2.05, 4.69) is 15.9 Å². The molecular formula is C10H6BrF3O2. The molecule has 6 heteroatoms. The number of alkyl halides is 4. The molecular weight excluding hydrogens is 289 g/mol. The molecule has 1 aromatic rings. The van der Waals surface area contributed by atoms with Crippen LogP contribution in [0, 0.1) is 0 Å². The van der Waals surface area contributed by atoms with Crippen molar-refractivity contribution in [1.29, 1.82) is 0 Å². The van der Waals surface area contributed by atoms with Crippen molar-refractivity contribution < 1.29 is 22.8 Å². The Kier molecular flexibility index (Phi) is 3.85. The molecule has 1 aromatic carbocycles. The zero-order valence-corrected chi connectivity index (χ0v) is 9.43. The Morgan fingerprint density at radius 2 is 1.62 bits per heavy atom. The minimum Gasteiger partial charge on any atom is -0.293 e. The lowest BCUT2D eigenvalue weighted by Gasteiger charge is -2.08. The average molecular weight is 295 g/mol. The van der Waals surface area contributed by atoms with Crippen LogP contribution in [-0.4, -0.2) is 23.1 Å². The van der Waals surface area contributed by atoms with Gasteiger partial charge in [-0.2, -0.15) is 13.2 Å². The van der Waals surface area contributed by atoms with Crippen molar-refractivity contribution in [1.82, 2.24) is 0 Å². The first-order valence-corrected chi connectivity index (χ1v) is 5.29. The second-order valence-corrected chi connectivity index (χ2v) is 3.49. The second-order valence-electron chi connectivity index (χ2n) is 2.93. The topological polar surface area (TPSA) is 34.1 Å². The van der Waals surface area contributed by atoms with Gasteiger partial charge in [0, 0.05) is 11.1 Å². The van der Waals surface area contributed by atoms with Crippen LogP contribution in [0.25, 0.3) is 0 Å². The molecule has 0 radical (unpaired) electrons. The average Bonchev–Trinajstić information content (AvgIpc) is 2.25. The summed E-state index contributed by atoms with van der Waals surface area (Å²) in [6.07, 6.45) is -4.97. The highest BCUT2D eigenvalue weighted by Crippen LogP contribution is 2.24. The van der Waals surface area contributed by atoms with Gasteiger partial charge in [0.25, 0.3) is 5.78 Å². The first-order chi connectivity index (χ1) is 7.38. The molecule has 0 aromatic heterocycles. The minimum absolute atomic E-state index is 0.130. The summed E-state index contributed by atoms with van der Waals surface area (Å²) in [4.78, 5) is 22.3. The van der Waals surface area contributed by atoms with Crippen molar-refractivity contribution in [3.05, 3.63) is 35.4 Å². The number of ketones is 2. The largest absolute Gasteiger partial charge is 0.454 e. The predicted molar refractivity (Wildman–Crippen MR) is 55.0 cm³/mol. The normalized spacial score (nSPS) is 11.2. The number of halogens is 4. The summed E-state index contributed by atoms with van der Waals surface area (Å²) in [5.41, 5.74) is -0.832. The number of Topliss-reactive ketones (excluding diaryl/α,β-unsaturated/α-hetero) is 2. The monoisotopic (exact) mass is 294 g/mol. The van der Waals surface area contributed by atoms with Crippen molar-refractivity contribution in [2.24, 2.45) is 0 Å². The molecule has 0 amide bonds. The molecule has 0 heterocycles. The number of benzene rings is 1. The summed E-state index contributed by atoms with van der Waals surface area (Å²) in [6.45, 7) is 0. The van der Waals surface area contributed by atoms with E-state index in [1.54, 1.807) is 0 Å². The van der Waals surface area contributed by atoms with Crippen molar-refractivity contribution in [3.8, 4) is 0 Å². The standard InChI is InChI=1S/C10H6BrF3O2/c11-5-8(15)6-3-1-2-4-7(6)9(16)10(12,13)14/h1-4H,5H2. The Balaban J connectivity index is 3.24. The van der Waals surface area contributed by atoms with Crippen LogP contribution in [0.4, 0.5) is 13.2 Å². The summed E-state index contributed by atoms with van der Waals surface area (Å²) < 4.78 is 36.6. The van der Waals surface area contributed by atoms with Gasteiger partial charge in [-0.15, -0.1) is 0 Å². The van der Waals surface area contributed by atoms with Gasteiger partial charge in [-0.25, -0.2) is 0 Å². The van der Waals surface area contributed by atoms with Crippen LogP contribution in [0.2, 0.25) is 0 Å². The fraction of sp³-hybridized carbons (Fsp3) is 0.200. The zero-order valence-electron chi connectivity index (χ0n) is 7.84. The fourth-order valence-electron chi connectivity index (χ4n) is 1.15. The van der Waals surface area contributed by atoms with Gasteiger partial charge in [-0.1, -0.05) is 40.2 Å². The lowest BCUT2D eigenvalue weighted by Crippen LogP contribution is -2.25. The molecule has 0 bridgehead atoms. The van der Waals surface area contributed by atoms with Gasteiger partial charge >= 0.3 is 6.18 Å². The molecule has 0 fully saturated rings. The van der Waals surface area contributed by atoms with Gasteiger partial charge in [0.05, 0.1) is 5.33 Å². The molecule has 0 unspecified atom stereocenters. The Morgan fingerprint density at radius 1 is 1.12 bits per heavy atom. The Morgan fingerprint density at radius 3 is 2.06 bits per heavy atom. The lowest BCUT2D eigenvalue weighted by atomic mass is 10.0. The highest BCUT2D eigenvalue weighted by molar-refractivity contribution is 9.09. The van der Waals surface area contributed by atoms with E-state index in [0.29, 0.717) is 0 Å². The van der Waals surface area contributed by atoms with Gasteiger partial charge in [-0.05, 0) is 0 Å². The van der Waals surface area contributed by atoms with Crippen LogP contribution in [0.3, 0.4) is 0 Å². The molecule has 86 valence electrons. The summed E-state index contributed by atoms with van der Waals surface area (Å²) >= 11 is 2.84. The predicted octanol–water partition coefficient (Wildman–Crippen LogP) is 3.01. The molecule has 0 aliphatic heterocycles. The van der Waals surface area contributed by atoms with Gasteiger partial charge in [-0.3, -0.25) is 9.59 Å². The molecule has 1 rings (SSSR count). The maximum atomic E-state index is 12.2. The van der Waals surface area contributed by atoms with Gasteiger partial charge < -0.3 is 0 Å². The Bertz CT molecular complexity index is 426. The molecule has 0 atom stereocenters. The molecule has 0 saturated heterocycles. The third-order valence-electron chi connectivity index (χ3n) is 1.85. The van der Waals surface area contributed by atoms with E-state index in [4.69, 9.17) is 0 Å². The maximum absolute atomic E-state index is 12.2. The lowest BCUT2D eigenvalue weighted by molar-refractivity contribution is -0.0885. The highest BCUT2D eigenvalue weighted by atomic mass is 79.9. The number of carbonyl (C=O) groups excluding carboxylic acids is 2.